The third-order valence-electron chi connectivity index (χ3n) is 5.43. The molecule has 4 rings (SSSR count). The SMILES string of the molecule is C=CCn1c(SCC(=O)Nc2ncc(Cc3cccc(Cl)c3)s2)nnc1C1CCCCC1. The number of nitrogens with one attached hydrogen (secondary N) is 1. The molecule has 0 saturated heterocycles. The van der Waals surface area contributed by atoms with Gasteiger partial charge >= 0.3 is 0 Å². The predicted octanol–water partition coefficient (Wildman–Crippen LogP) is 5.94. The van der Waals surface area contributed by atoms with Gasteiger partial charge in [-0.2, -0.15) is 0 Å². The zero-order valence-corrected chi connectivity index (χ0v) is 20.2. The molecule has 1 aliphatic rings. The monoisotopic (exact) mass is 487 g/mol. The van der Waals surface area contributed by atoms with Crippen LogP contribution in [0.15, 0.2) is 48.3 Å². The summed E-state index contributed by atoms with van der Waals surface area (Å²) in [6, 6.07) is 7.76. The molecule has 1 aliphatic carbocycles. The Bertz CT molecular complexity index is 1070. The second kappa shape index (κ2) is 11.1. The number of carbonyl (C=O) groups is 1. The minimum absolute atomic E-state index is 0.106. The molecular formula is C23H26ClN5OS2. The fourth-order valence-electron chi connectivity index (χ4n) is 3.95. The number of carbonyl (C=O) groups excluding carboxylic acids is 1. The Kier molecular flexibility index (Phi) is 8.00. The lowest BCUT2D eigenvalue weighted by Crippen LogP contribution is -2.15. The normalized spacial score (nSPS) is 14.4. The van der Waals surface area contributed by atoms with E-state index in [1.54, 1.807) is 6.20 Å². The Labute approximate surface area is 201 Å². The molecule has 0 aliphatic heterocycles. The van der Waals surface area contributed by atoms with Crippen LogP contribution >= 0.6 is 34.7 Å². The van der Waals surface area contributed by atoms with E-state index in [4.69, 9.17) is 11.6 Å². The van der Waals surface area contributed by atoms with Crippen LogP contribution in [0, 0.1) is 0 Å². The summed E-state index contributed by atoms with van der Waals surface area (Å²) >= 11 is 8.94. The van der Waals surface area contributed by atoms with Gasteiger partial charge in [-0.05, 0) is 30.5 Å². The zero-order valence-electron chi connectivity index (χ0n) is 17.8. The molecule has 9 heteroatoms. The van der Waals surface area contributed by atoms with E-state index in [0.29, 0.717) is 22.6 Å². The highest BCUT2D eigenvalue weighted by atomic mass is 35.5. The maximum atomic E-state index is 12.5. The number of rotatable bonds is 9. The van der Waals surface area contributed by atoms with E-state index < -0.39 is 0 Å². The van der Waals surface area contributed by atoms with Gasteiger partial charge in [0.25, 0.3) is 0 Å². The number of halogens is 1. The minimum Gasteiger partial charge on any atom is -0.302 e. The first kappa shape index (κ1) is 23.0. The highest BCUT2D eigenvalue weighted by molar-refractivity contribution is 7.99. The number of amides is 1. The highest BCUT2D eigenvalue weighted by Gasteiger charge is 2.23. The van der Waals surface area contributed by atoms with Crippen LogP contribution in [-0.2, 0) is 17.8 Å². The number of allylic oxidation sites excluding steroid dienone is 1. The lowest BCUT2D eigenvalue weighted by molar-refractivity contribution is -0.113. The number of thiazole rings is 1. The summed E-state index contributed by atoms with van der Waals surface area (Å²) < 4.78 is 2.10. The van der Waals surface area contributed by atoms with Gasteiger partial charge in [0, 0.05) is 35.0 Å². The van der Waals surface area contributed by atoms with Crippen molar-refractivity contribution in [2.75, 3.05) is 11.1 Å². The van der Waals surface area contributed by atoms with E-state index in [1.807, 2.05) is 30.3 Å². The fraction of sp³-hybridized carbons (Fsp3) is 0.391. The van der Waals surface area contributed by atoms with Crippen LogP contribution in [0.4, 0.5) is 5.13 Å². The topological polar surface area (TPSA) is 72.7 Å². The maximum absolute atomic E-state index is 12.5. The third-order valence-corrected chi connectivity index (χ3v) is 7.54. The smallest absolute Gasteiger partial charge is 0.236 e. The average molecular weight is 488 g/mol. The number of benzene rings is 1. The molecule has 0 bridgehead atoms. The quantitative estimate of drug-likeness (QED) is 0.298. The van der Waals surface area contributed by atoms with Crippen LogP contribution in [0.5, 0.6) is 0 Å². The van der Waals surface area contributed by atoms with Crippen molar-refractivity contribution >= 4 is 45.7 Å². The molecule has 0 atom stereocenters. The van der Waals surface area contributed by atoms with E-state index in [2.05, 4.69) is 31.6 Å². The van der Waals surface area contributed by atoms with Crippen LogP contribution < -0.4 is 5.32 Å². The first-order chi connectivity index (χ1) is 15.6. The van der Waals surface area contributed by atoms with Crippen LogP contribution in [0.1, 0.15) is 54.3 Å². The van der Waals surface area contributed by atoms with Gasteiger partial charge in [-0.3, -0.25) is 4.79 Å². The Morgan fingerprint density at radius 1 is 1.31 bits per heavy atom. The number of hydrogen-bond acceptors (Lipinski definition) is 6. The molecule has 1 amide bonds. The number of thioether (sulfide) groups is 1. The van der Waals surface area contributed by atoms with Gasteiger partial charge in [-0.1, -0.05) is 60.8 Å². The largest absolute Gasteiger partial charge is 0.302 e. The molecule has 1 aromatic carbocycles. The molecule has 1 saturated carbocycles. The Balaban J connectivity index is 1.33. The Morgan fingerprint density at radius 3 is 2.94 bits per heavy atom. The van der Waals surface area contributed by atoms with Crippen molar-refractivity contribution < 1.29 is 4.79 Å². The van der Waals surface area contributed by atoms with Gasteiger partial charge in [-0.15, -0.1) is 28.1 Å². The predicted molar refractivity (Wildman–Crippen MR) is 132 cm³/mol. The van der Waals surface area contributed by atoms with Crippen molar-refractivity contribution in [2.24, 2.45) is 0 Å². The van der Waals surface area contributed by atoms with E-state index in [-0.39, 0.29) is 11.7 Å². The van der Waals surface area contributed by atoms with Crippen molar-refractivity contribution in [2.45, 2.75) is 56.1 Å². The number of hydrogen-bond donors (Lipinski definition) is 1. The van der Waals surface area contributed by atoms with Crippen molar-refractivity contribution in [1.82, 2.24) is 19.7 Å². The summed E-state index contributed by atoms with van der Waals surface area (Å²) in [7, 11) is 0. The third kappa shape index (κ3) is 5.99. The standard InChI is InChI=1S/C23H26ClN5OS2/c1-2-11-29-21(17-8-4-3-5-9-17)27-28-23(29)31-15-20(30)26-22-25-14-19(32-22)13-16-7-6-10-18(24)12-16/h2,6-7,10,12,14,17H,1,3-5,8-9,11,13,15H2,(H,25,26,30). The second-order valence-corrected chi connectivity index (χ2v) is 10.3. The highest BCUT2D eigenvalue weighted by Crippen LogP contribution is 2.33. The van der Waals surface area contributed by atoms with Crippen molar-refractivity contribution in [1.29, 1.82) is 0 Å². The lowest BCUT2D eigenvalue weighted by atomic mass is 9.89. The van der Waals surface area contributed by atoms with Gasteiger partial charge in [0.2, 0.25) is 5.91 Å². The summed E-state index contributed by atoms with van der Waals surface area (Å²) in [6.45, 7) is 4.53. The number of anilines is 1. The van der Waals surface area contributed by atoms with Gasteiger partial charge < -0.3 is 9.88 Å². The molecule has 1 N–H and O–H groups in total. The minimum atomic E-state index is -0.106. The van der Waals surface area contributed by atoms with Gasteiger partial charge in [0.1, 0.15) is 5.82 Å². The molecule has 0 spiro atoms. The van der Waals surface area contributed by atoms with Gasteiger partial charge in [-0.25, -0.2) is 4.98 Å². The fourth-order valence-corrected chi connectivity index (χ4v) is 5.78. The summed E-state index contributed by atoms with van der Waals surface area (Å²) in [4.78, 5) is 17.9. The molecule has 3 aromatic rings. The van der Waals surface area contributed by atoms with Gasteiger partial charge in [0.05, 0.1) is 5.75 Å². The Morgan fingerprint density at radius 2 is 2.16 bits per heavy atom. The van der Waals surface area contributed by atoms with E-state index in [1.165, 1.54) is 42.4 Å². The maximum Gasteiger partial charge on any atom is 0.236 e. The van der Waals surface area contributed by atoms with Crippen molar-refractivity contribution in [3.63, 3.8) is 0 Å². The Hall–Kier alpha value is -2.16. The molecule has 168 valence electrons. The number of aromatic nitrogens is 4. The molecule has 2 heterocycles. The zero-order chi connectivity index (χ0) is 22.3. The molecule has 0 unspecified atom stereocenters. The van der Waals surface area contributed by atoms with Gasteiger partial charge in [0.15, 0.2) is 10.3 Å². The second-order valence-electron chi connectivity index (χ2n) is 7.85. The van der Waals surface area contributed by atoms with Crippen molar-refractivity contribution in [3.05, 3.63) is 64.4 Å². The summed E-state index contributed by atoms with van der Waals surface area (Å²) in [5.41, 5.74) is 1.12. The molecule has 2 aromatic heterocycles. The van der Waals surface area contributed by atoms with E-state index in [0.717, 1.165) is 40.7 Å². The molecule has 1 fully saturated rings. The van der Waals surface area contributed by atoms with Crippen LogP contribution in [0.3, 0.4) is 0 Å². The summed E-state index contributed by atoms with van der Waals surface area (Å²) in [5, 5.41) is 13.8. The molecule has 0 radical (unpaired) electrons. The molecule has 32 heavy (non-hydrogen) atoms. The first-order valence-electron chi connectivity index (χ1n) is 10.8. The van der Waals surface area contributed by atoms with E-state index >= 15 is 0 Å². The molecule has 6 nitrogen and oxygen atoms in total. The lowest BCUT2D eigenvalue weighted by Gasteiger charge is -2.21. The molecular weight excluding hydrogens is 462 g/mol. The average Bonchev–Trinajstić information content (AvgIpc) is 3.40. The van der Waals surface area contributed by atoms with Crippen LogP contribution in [0.25, 0.3) is 0 Å². The van der Waals surface area contributed by atoms with E-state index in [9.17, 15) is 4.79 Å². The van der Waals surface area contributed by atoms with Crippen molar-refractivity contribution in [3.8, 4) is 0 Å². The van der Waals surface area contributed by atoms with Crippen LogP contribution in [0.2, 0.25) is 5.02 Å². The summed E-state index contributed by atoms with van der Waals surface area (Å²) in [5.74, 6) is 1.63. The number of nitrogens with zero attached hydrogens (tertiary/aromatic N) is 4. The first-order valence-corrected chi connectivity index (χ1v) is 13.0. The summed E-state index contributed by atoms with van der Waals surface area (Å²) in [6.07, 6.45) is 10.5. The van der Waals surface area contributed by atoms with Crippen LogP contribution in [-0.4, -0.2) is 31.4 Å².